The molecule has 0 aromatic heterocycles. The molecule has 0 amide bonds. The van der Waals surface area contributed by atoms with E-state index in [0.717, 1.165) is 19.5 Å². The fourth-order valence-corrected chi connectivity index (χ4v) is 2.25. The quantitative estimate of drug-likeness (QED) is 0.609. The number of nitrogens with two attached hydrogens (primary N) is 1. The highest BCUT2D eigenvalue weighted by atomic mass is 127. The van der Waals surface area contributed by atoms with Crippen LogP contribution in [-0.4, -0.2) is 0 Å². The minimum Gasteiger partial charge on any atom is -0.456 e. The summed E-state index contributed by atoms with van der Waals surface area (Å²) in [6, 6.07) is 13.4. The van der Waals surface area contributed by atoms with Gasteiger partial charge in [-0.25, -0.2) is 0 Å². The van der Waals surface area contributed by atoms with E-state index in [1.165, 1.54) is 0 Å². The summed E-state index contributed by atoms with van der Waals surface area (Å²) in [6.45, 7) is 0. The molecule has 0 fully saturated rings. The maximum Gasteiger partial charge on any atom is 0.141 e. The minimum absolute atomic E-state index is 0.710. The molecule has 2 nitrogen and oxygen atoms in total. The van der Waals surface area contributed by atoms with Crippen molar-refractivity contribution in [3.8, 4) is 11.5 Å². The van der Waals surface area contributed by atoms with E-state index >= 15 is 0 Å². The van der Waals surface area contributed by atoms with Gasteiger partial charge in [-0.1, -0.05) is 6.07 Å². The Hall–Kier alpha value is -0.750. The van der Waals surface area contributed by atoms with Gasteiger partial charge in [-0.15, -0.1) is 0 Å². The number of ether oxygens (including phenoxy) is 1. The average molecular weight is 390 g/mol. The summed E-state index contributed by atoms with van der Waals surface area (Å²) in [5, 5.41) is 0. The molecule has 16 heavy (non-hydrogen) atoms. The number of benzene rings is 2. The van der Waals surface area contributed by atoms with Gasteiger partial charge in [-0.3, -0.25) is 0 Å². The molecule has 0 radical (unpaired) electrons. The molecule has 0 aliphatic carbocycles. The maximum atomic E-state index is 5.74. The Bertz CT molecular complexity index is 516. The smallest absolute Gasteiger partial charge is 0.141 e. The van der Waals surface area contributed by atoms with Gasteiger partial charge < -0.3 is 10.5 Å². The van der Waals surface area contributed by atoms with E-state index < -0.39 is 0 Å². The minimum atomic E-state index is 0.710. The number of hydrogen-bond donors (Lipinski definition) is 1. The lowest BCUT2D eigenvalue weighted by atomic mass is 10.3. The molecular weight excluding hydrogens is 381 g/mol. The number of rotatable bonds is 2. The van der Waals surface area contributed by atoms with Gasteiger partial charge in [0.1, 0.15) is 11.5 Å². The van der Waals surface area contributed by atoms with Crippen LogP contribution in [0.1, 0.15) is 0 Å². The second-order valence-corrected chi connectivity index (χ2v) is 5.35. The molecule has 4 heteroatoms. The molecule has 0 heterocycles. The van der Waals surface area contributed by atoms with Crippen LogP contribution in [0.2, 0.25) is 0 Å². The van der Waals surface area contributed by atoms with Crippen LogP contribution in [0.5, 0.6) is 11.5 Å². The maximum absolute atomic E-state index is 5.74. The SMILES string of the molecule is Nc1ccc(Oc2cccc(I)c2)c(Br)c1. The van der Waals surface area contributed by atoms with Crippen LogP contribution in [0.3, 0.4) is 0 Å². The molecule has 82 valence electrons. The average Bonchev–Trinajstić information content (AvgIpc) is 2.22. The highest BCUT2D eigenvalue weighted by Crippen LogP contribution is 2.31. The molecule has 0 spiro atoms. The first-order valence-electron chi connectivity index (χ1n) is 4.63. The van der Waals surface area contributed by atoms with Crippen molar-refractivity contribution in [2.24, 2.45) is 0 Å². The zero-order chi connectivity index (χ0) is 11.5. The number of hydrogen-bond acceptors (Lipinski definition) is 2. The fraction of sp³-hybridized carbons (Fsp3) is 0. The zero-order valence-electron chi connectivity index (χ0n) is 8.28. The number of nitrogen functional groups attached to an aromatic ring is 1. The first kappa shape index (κ1) is 11.7. The van der Waals surface area contributed by atoms with E-state index in [1.807, 2.05) is 42.5 Å². The first-order valence-corrected chi connectivity index (χ1v) is 6.51. The molecule has 2 rings (SSSR count). The number of halogens is 2. The van der Waals surface area contributed by atoms with Gasteiger partial charge in [-0.05, 0) is 74.9 Å². The van der Waals surface area contributed by atoms with E-state index in [1.54, 1.807) is 0 Å². The largest absolute Gasteiger partial charge is 0.456 e. The van der Waals surface area contributed by atoms with Crippen molar-refractivity contribution >= 4 is 44.2 Å². The van der Waals surface area contributed by atoms with Crippen LogP contribution < -0.4 is 10.5 Å². The number of anilines is 1. The molecule has 0 saturated heterocycles. The van der Waals surface area contributed by atoms with Crippen molar-refractivity contribution in [3.63, 3.8) is 0 Å². The second-order valence-electron chi connectivity index (χ2n) is 3.25. The second kappa shape index (κ2) is 5.05. The predicted molar refractivity (Wildman–Crippen MR) is 77.8 cm³/mol. The standard InChI is InChI=1S/C12H9BrINO/c13-11-7-9(15)4-5-12(11)16-10-3-1-2-8(14)6-10/h1-7H,15H2. The molecule has 0 aliphatic rings. The van der Waals surface area contributed by atoms with Crippen LogP contribution in [-0.2, 0) is 0 Å². The van der Waals surface area contributed by atoms with Crippen molar-refractivity contribution in [2.45, 2.75) is 0 Å². The Morgan fingerprint density at radius 2 is 1.94 bits per heavy atom. The van der Waals surface area contributed by atoms with Crippen LogP contribution in [0.25, 0.3) is 0 Å². The molecule has 2 aromatic carbocycles. The zero-order valence-corrected chi connectivity index (χ0v) is 12.0. The third-order valence-electron chi connectivity index (χ3n) is 1.98. The van der Waals surface area contributed by atoms with E-state index in [0.29, 0.717) is 5.69 Å². The highest BCUT2D eigenvalue weighted by molar-refractivity contribution is 14.1. The van der Waals surface area contributed by atoms with Gasteiger partial charge in [-0.2, -0.15) is 0 Å². The van der Waals surface area contributed by atoms with Crippen molar-refractivity contribution in [1.29, 1.82) is 0 Å². The van der Waals surface area contributed by atoms with Crippen LogP contribution >= 0.6 is 38.5 Å². The summed E-state index contributed by atoms with van der Waals surface area (Å²) in [7, 11) is 0. The van der Waals surface area contributed by atoms with E-state index in [9.17, 15) is 0 Å². The molecule has 2 aromatic rings. The van der Waals surface area contributed by atoms with Gasteiger partial charge in [0, 0.05) is 9.26 Å². The molecule has 0 bridgehead atoms. The Morgan fingerprint density at radius 1 is 1.12 bits per heavy atom. The summed E-state index contributed by atoms with van der Waals surface area (Å²) >= 11 is 5.67. The summed E-state index contributed by atoms with van der Waals surface area (Å²) in [5.41, 5.74) is 6.37. The van der Waals surface area contributed by atoms with Crippen LogP contribution in [0.4, 0.5) is 5.69 Å². The third-order valence-corrected chi connectivity index (χ3v) is 3.27. The summed E-state index contributed by atoms with van der Waals surface area (Å²) in [4.78, 5) is 0. The predicted octanol–water partition coefficient (Wildman–Crippen LogP) is 4.43. The lowest BCUT2D eigenvalue weighted by molar-refractivity contribution is 0.479. The van der Waals surface area contributed by atoms with Gasteiger partial charge in [0.05, 0.1) is 4.47 Å². The summed E-state index contributed by atoms with van der Waals surface area (Å²) in [5.74, 6) is 1.58. The van der Waals surface area contributed by atoms with Crippen molar-refractivity contribution < 1.29 is 4.74 Å². The van der Waals surface area contributed by atoms with E-state index in [-0.39, 0.29) is 0 Å². The Labute approximate surface area is 116 Å². The van der Waals surface area contributed by atoms with Crippen LogP contribution in [0.15, 0.2) is 46.9 Å². The molecule has 0 aliphatic heterocycles. The lowest BCUT2D eigenvalue weighted by Gasteiger charge is -2.08. The van der Waals surface area contributed by atoms with Crippen LogP contribution in [0, 0.1) is 3.57 Å². The Kier molecular flexibility index (Phi) is 3.70. The molecule has 0 saturated carbocycles. The summed E-state index contributed by atoms with van der Waals surface area (Å²) < 4.78 is 7.73. The van der Waals surface area contributed by atoms with Crippen molar-refractivity contribution in [2.75, 3.05) is 5.73 Å². The first-order chi connectivity index (χ1) is 7.65. The van der Waals surface area contributed by atoms with Gasteiger partial charge in [0.25, 0.3) is 0 Å². The van der Waals surface area contributed by atoms with E-state index in [2.05, 4.69) is 38.5 Å². The van der Waals surface area contributed by atoms with Gasteiger partial charge in [0.15, 0.2) is 0 Å². The topological polar surface area (TPSA) is 35.2 Å². The van der Waals surface area contributed by atoms with Gasteiger partial charge in [0.2, 0.25) is 0 Å². The Morgan fingerprint density at radius 3 is 2.62 bits per heavy atom. The summed E-state index contributed by atoms with van der Waals surface area (Å²) in [6.07, 6.45) is 0. The normalized spacial score (nSPS) is 10.1. The van der Waals surface area contributed by atoms with Crippen molar-refractivity contribution in [1.82, 2.24) is 0 Å². The molecule has 0 unspecified atom stereocenters. The van der Waals surface area contributed by atoms with E-state index in [4.69, 9.17) is 10.5 Å². The molecule has 0 atom stereocenters. The van der Waals surface area contributed by atoms with Crippen molar-refractivity contribution in [3.05, 3.63) is 50.5 Å². The lowest BCUT2D eigenvalue weighted by Crippen LogP contribution is -1.88. The Balaban J connectivity index is 2.27. The molecule has 2 N–H and O–H groups in total. The van der Waals surface area contributed by atoms with Gasteiger partial charge >= 0.3 is 0 Å². The highest BCUT2D eigenvalue weighted by Gasteiger charge is 2.03. The monoisotopic (exact) mass is 389 g/mol. The third kappa shape index (κ3) is 2.89. The molecular formula is C12H9BrINO. The fourth-order valence-electron chi connectivity index (χ4n) is 1.26.